The molecule has 2 amide bonds. The minimum absolute atomic E-state index is 0.0966. The van der Waals surface area contributed by atoms with E-state index in [1.165, 1.54) is 30.1 Å². The number of halogens is 5. The van der Waals surface area contributed by atoms with Crippen LogP contribution in [0.1, 0.15) is 11.1 Å². The van der Waals surface area contributed by atoms with E-state index in [0.29, 0.717) is 15.6 Å². The topological polar surface area (TPSA) is 32.3 Å². The molecule has 0 radical (unpaired) electrons. The summed E-state index contributed by atoms with van der Waals surface area (Å²) < 4.78 is 38.8. The van der Waals surface area contributed by atoms with Crippen LogP contribution in [0.5, 0.6) is 0 Å². The lowest BCUT2D eigenvalue weighted by Crippen LogP contribution is -2.31. The number of anilines is 1. The Bertz CT molecular complexity index is 750. The van der Waals surface area contributed by atoms with Gasteiger partial charge in [0.25, 0.3) is 0 Å². The summed E-state index contributed by atoms with van der Waals surface area (Å²) in [6.45, 7) is 0.0966. The van der Waals surface area contributed by atoms with Crippen molar-refractivity contribution in [2.45, 2.75) is 12.7 Å². The molecule has 3 nitrogen and oxygen atoms in total. The Morgan fingerprint density at radius 3 is 2.46 bits per heavy atom. The molecule has 0 saturated heterocycles. The van der Waals surface area contributed by atoms with Crippen LogP contribution in [0.3, 0.4) is 0 Å². The van der Waals surface area contributed by atoms with Crippen molar-refractivity contribution in [1.29, 1.82) is 0 Å². The largest absolute Gasteiger partial charge is 0.418 e. The number of nitrogens with one attached hydrogen (secondary N) is 1. The smallest absolute Gasteiger partial charge is 0.323 e. The van der Waals surface area contributed by atoms with Gasteiger partial charge in [0.2, 0.25) is 0 Å². The van der Waals surface area contributed by atoms with Crippen LogP contribution in [-0.4, -0.2) is 18.0 Å². The predicted octanol–water partition coefficient (Wildman–Crippen LogP) is 5.68. The number of carbonyl (C=O) groups is 1. The van der Waals surface area contributed by atoms with Gasteiger partial charge >= 0.3 is 12.2 Å². The van der Waals surface area contributed by atoms with Crippen LogP contribution in [0.4, 0.5) is 23.7 Å². The van der Waals surface area contributed by atoms with Crippen molar-refractivity contribution in [3.05, 3.63) is 63.6 Å². The Balaban J connectivity index is 2.14. The first-order chi connectivity index (χ1) is 11.2. The van der Waals surface area contributed by atoms with Gasteiger partial charge in [0.15, 0.2) is 0 Å². The second-order valence-electron chi connectivity index (χ2n) is 5.04. The molecule has 2 aromatic rings. The summed E-state index contributed by atoms with van der Waals surface area (Å²) in [6, 6.07) is 9.04. The summed E-state index contributed by atoms with van der Waals surface area (Å²) in [5.74, 6) is 0. The van der Waals surface area contributed by atoms with E-state index in [4.69, 9.17) is 23.2 Å². The molecule has 24 heavy (non-hydrogen) atoms. The molecule has 1 N–H and O–H groups in total. The summed E-state index contributed by atoms with van der Waals surface area (Å²) in [5.41, 5.74) is -0.627. The van der Waals surface area contributed by atoms with Crippen LogP contribution >= 0.6 is 23.2 Å². The maximum atomic E-state index is 12.9. The predicted molar refractivity (Wildman–Crippen MR) is 88.4 cm³/mol. The summed E-state index contributed by atoms with van der Waals surface area (Å²) in [6.07, 6.45) is -4.56. The SMILES string of the molecule is CN(Cc1cccc(Cl)c1Cl)C(=O)Nc1ccccc1C(F)(F)F. The molecule has 0 aliphatic rings. The minimum atomic E-state index is -4.56. The number of urea groups is 1. The van der Waals surface area contributed by atoms with Gasteiger partial charge in [-0.2, -0.15) is 13.2 Å². The Morgan fingerprint density at radius 2 is 1.79 bits per heavy atom. The van der Waals surface area contributed by atoms with E-state index < -0.39 is 17.8 Å². The number of para-hydroxylation sites is 1. The Hall–Kier alpha value is -1.92. The zero-order chi connectivity index (χ0) is 17.9. The highest BCUT2D eigenvalue weighted by Crippen LogP contribution is 2.34. The van der Waals surface area contributed by atoms with E-state index in [2.05, 4.69) is 5.32 Å². The normalized spacial score (nSPS) is 11.2. The van der Waals surface area contributed by atoms with E-state index in [-0.39, 0.29) is 12.2 Å². The Labute approximate surface area is 147 Å². The number of hydrogen-bond acceptors (Lipinski definition) is 1. The number of rotatable bonds is 3. The standard InChI is InChI=1S/C16H13Cl2F3N2O/c1-23(9-10-5-4-7-12(17)14(10)18)15(24)22-13-8-3-2-6-11(13)16(19,20)21/h2-8H,9H2,1H3,(H,22,24). The maximum Gasteiger partial charge on any atom is 0.418 e. The Morgan fingerprint density at radius 1 is 1.12 bits per heavy atom. The molecule has 2 aromatic carbocycles. The molecule has 128 valence electrons. The average Bonchev–Trinajstić information content (AvgIpc) is 2.51. The average molecular weight is 377 g/mol. The van der Waals surface area contributed by atoms with Gasteiger partial charge in [-0.1, -0.05) is 47.5 Å². The van der Waals surface area contributed by atoms with Crippen molar-refractivity contribution in [1.82, 2.24) is 4.90 Å². The zero-order valence-electron chi connectivity index (χ0n) is 12.5. The molecule has 0 aliphatic carbocycles. The van der Waals surface area contributed by atoms with Crippen molar-refractivity contribution in [2.75, 3.05) is 12.4 Å². The van der Waals surface area contributed by atoms with Gasteiger partial charge in [0.05, 0.1) is 21.3 Å². The summed E-state index contributed by atoms with van der Waals surface area (Å²) in [7, 11) is 1.45. The third-order valence-electron chi connectivity index (χ3n) is 3.26. The molecular weight excluding hydrogens is 364 g/mol. The molecule has 0 aromatic heterocycles. The number of benzene rings is 2. The molecule has 0 atom stereocenters. The third-order valence-corrected chi connectivity index (χ3v) is 4.12. The van der Waals surface area contributed by atoms with Crippen LogP contribution in [0.2, 0.25) is 10.0 Å². The van der Waals surface area contributed by atoms with Crippen molar-refractivity contribution in [3.8, 4) is 0 Å². The molecule has 8 heteroatoms. The van der Waals surface area contributed by atoms with Gasteiger partial charge in [-0.05, 0) is 23.8 Å². The molecule has 0 spiro atoms. The highest BCUT2D eigenvalue weighted by molar-refractivity contribution is 6.42. The second kappa shape index (κ2) is 7.32. The van der Waals surface area contributed by atoms with Crippen LogP contribution in [0.25, 0.3) is 0 Å². The van der Waals surface area contributed by atoms with Crippen molar-refractivity contribution < 1.29 is 18.0 Å². The molecular formula is C16H13Cl2F3N2O. The van der Waals surface area contributed by atoms with E-state index in [9.17, 15) is 18.0 Å². The highest BCUT2D eigenvalue weighted by Gasteiger charge is 2.33. The van der Waals surface area contributed by atoms with Crippen LogP contribution in [0, 0.1) is 0 Å². The van der Waals surface area contributed by atoms with E-state index >= 15 is 0 Å². The second-order valence-corrected chi connectivity index (χ2v) is 5.83. The number of amides is 2. The summed E-state index contributed by atoms with van der Waals surface area (Å²) in [5, 5.41) is 2.90. The molecule has 0 aliphatic heterocycles. The number of nitrogens with zero attached hydrogens (tertiary/aromatic N) is 1. The molecule has 0 fully saturated rings. The van der Waals surface area contributed by atoms with Gasteiger partial charge in [-0.15, -0.1) is 0 Å². The monoisotopic (exact) mass is 376 g/mol. The Kier molecular flexibility index (Phi) is 5.62. The minimum Gasteiger partial charge on any atom is -0.323 e. The lowest BCUT2D eigenvalue weighted by Gasteiger charge is -2.20. The first-order valence-electron chi connectivity index (χ1n) is 6.81. The number of alkyl halides is 3. The van der Waals surface area contributed by atoms with Gasteiger partial charge in [-0.25, -0.2) is 4.79 Å². The number of carbonyl (C=O) groups excluding carboxylic acids is 1. The highest BCUT2D eigenvalue weighted by atomic mass is 35.5. The fourth-order valence-electron chi connectivity index (χ4n) is 2.05. The lowest BCUT2D eigenvalue weighted by molar-refractivity contribution is -0.136. The van der Waals surface area contributed by atoms with Gasteiger partial charge in [-0.3, -0.25) is 0 Å². The van der Waals surface area contributed by atoms with Gasteiger partial charge < -0.3 is 10.2 Å². The fourth-order valence-corrected chi connectivity index (χ4v) is 2.43. The molecule has 0 saturated carbocycles. The van der Waals surface area contributed by atoms with E-state index in [0.717, 1.165) is 6.07 Å². The van der Waals surface area contributed by atoms with Crippen LogP contribution < -0.4 is 5.32 Å². The lowest BCUT2D eigenvalue weighted by atomic mass is 10.1. The molecule has 0 unspecified atom stereocenters. The zero-order valence-corrected chi connectivity index (χ0v) is 14.0. The summed E-state index contributed by atoms with van der Waals surface area (Å²) >= 11 is 11.9. The molecule has 0 bridgehead atoms. The quantitative estimate of drug-likeness (QED) is 0.734. The van der Waals surface area contributed by atoms with Gasteiger partial charge in [0.1, 0.15) is 0 Å². The third kappa shape index (κ3) is 4.33. The van der Waals surface area contributed by atoms with Gasteiger partial charge in [0, 0.05) is 13.6 Å². The molecule has 0 heterocycles. The van der Waals surface area contributed by atoms with Crippen LogP contribution in [-0.2, 0) is 12.7 Å². The number of hydrogen-bond donors (Lipinski definition) is 1. The van der Waals surface area contributed by atoms with Crippen LogP contribution in [0.15, 0.2) is 42.5 Å². The fraction of sp³-hybridized carbons (Fsp3) is 0.188. The first kappa shape index (κ1) is 18.4. The molecule has 2 rings (SSSR count). The van der Waals surface area contributed by atoms with E-state index in [1.807, 2.05) is 0 Å². The van der Waals surface area contributed by atoms with Crippen molar-refractivity contribution in [3.63, 3.8) is 0 Å². The maximum absolute atomic E-state index is 12.9. The van der Waals surface area contributed by atoms with Crippen molar-refractivity contribution >= 4 is 34.9 Å². The first-order valence-corrected chi connectivity index (χ1v) is 7.57. The van der Waals surface area contributed by atoms with Crippen molar-refractivity contribution in [2.24, 2.45) is 0 Å². The van der Waals surface area contributed by atoms with E-state index in [1.54, 1.807) is 18.2 Å². The summed E-state index contributed by atoms with van der Waals surface area (Å²) in [4.78, 5) is 13.4.